The fourth-order valence-corrected chi connectivity index (χ4v) is 3.65. The van der Waals surface area contributed by atoms with Gasteiger partial charge in [-0.05, 0) is 24.2 Å². The van der Waals surface area contributed by atoms with Gasteiger partial charge in [-0.3, -0.25) is 0 Å². The zero-order chi connectivity index (χ0) is 10.3. The van der Waals surface area contributed by atoms with E-state index in [4.69, 9.17) is 0 Å². The lowest BCUT2D eigenvalue weighted by atomic mass is 9.94. The molecule has 4 unspecified atom stereocenters. The molecule has 1 saturated carbocycles. The van der Waals surface area contributed by atoms with Crippen LogP contribution in [-0.2, 0) is 0 Å². The van der Waals surface area contributed by atoms with E-state index in [-0.39, 0.29) is 0 Å². The lowest BCUT2D eigenvalue weighted by molar-refractivity contribution is 0.351. The summed E-state index contributed by atoms with van der Waals surface area (Å²) in [6.45, 7) is 9.49. The summed E-state index contributed by atoms with van der Waals surface area (Å²) in [6.07, 6.45) is 2.76. The zero-order valence-electron chi connectivity index (χ0n) is 9.84. The van der Waals surface area contributed by atoms with E-state index < -0.39 is 0 Å². The Kier molecular flexibility index (Phi) is 2.87. The molecule has 1 N–H and O–H groups in total. The van der Waals surface area contributed by atoms with Crippen LogP contribution in [0.25, 0.3) is 0 Å². The van der Waals surface area contributed by atoms with Crippen molar-refractivity contribution >= 4 is 11.8 Å². The Hall–Kier alpha value is 0.310. The van der Waals surface area contributed by atoms with Crippen molar-refractivity contribution in [2.75, 3.05) is 5.75 Å². The van der Waals surface area contributed by atoms with Crippen molar-refractivity contribution < 1.29 is 0 Å². The normalized spacial score (nSPS) is 47.4. The molecule has 4 atom stereocenters. The molecule has 2 heteroatoms. The average Bonchev–Trinajstić information content (AvgIpc) is 2.54. The first kappa shape index (κ1) is 10.8. The first-order valence-electron chi connectivity index (χ1n) is 5.90. The second-order valence-electron chi connectivity index (χ2n) is 5.66. The molecule has 0 radical (unpaired) electrons. The van der Waals surface area contributed by atoms with Crippen molar-refractivity contribution in [3.63, 3.8) is 0 Å². The number of hydrogen-bond acceptors (Lipinski definition) is 2. The number of nitrogens with one attached hydrogen (secondary N) is 1. The summed E-state index contributed by atoms with van der Waals surface area (Å²) in [6, 6.07) is 1.60. The number of thioether (sulfide) groups is 1. The van der Waals surface area contributed by atoms with E-state index in [1.165, 1.54) is 18.6 Å². The van der Waals surface area contributed by atoms with Crippen LogP contribution in [0.1, 0.15) is 40.5 Å². The molecule has 2 rings (SSSR count). The summed E-state index contributed by atoms with van der Waals surface area (Å²) in [5.41, 5.74) is 0.594. The summed E-state index contributed by atoms with van der Waals surface area (Å²) >= 11 is 2.12. The molecule has 1 nitrogen and oxygen atoms in total. The Balaban J connectivity index is 1.79. The lowest BCUT2D eigenvalue weighted by Crippen LogP contribution is -2.34. The van der Waals surface area contributed by atoms with Gasteiger partial charge in [0.05, 0.1) is 0 Å². The maximum Gasteiger partial charge on any atom is 0.0171 e. The maximum atomic E-state index is 3.83. The van der Waals surface area contributed by atoms with Crippen molar-refractivity contribution in [3.05, 3.63) is 0 Å². The van der Waals surface area contributed by atoms with Crippen molar-refractivity contribution in [2.45, 2.75) is 57.9 Å². The van der Waals surface area contributed by atoms with Crippen LogP contribution in [-0.4, -0.2) is 23.1 Å². The van der Waals surface area contributed by atoms with Gasteiger partial charge in [0.2, 0.25) is 0 Å². The van der Waals surface area contributed by atoms with Gasteiger partial charge in [0, 0.05) is 23.1 Å². The predicted octanol–water partition coefficient (Wildman–Crippen LogP) is 2.90. The minimum atomic E-state index is 0.594. The van der Waals surface area contributed by atoms with Gasteiger partial charge in [-0.25, -0.2) is 0 Å². The van der Waals surface area contributed by atoms with Crippen molar-refractivity contribution in [3.8, 4) is 0 Å². The van der Waals surface area contributed by atoms with Crippen LogP contribution in [0.15, 0.2) is 0 Å². The third-order valence-electron chi connectivity index (χ3n) is 4.23. The fourth-order valence-electron chi connectivity index (χ4n) is 2.49. The highest BCUT2D eigenvalue weighted by Gasteiger charge is 2.52. The van der Waals surface area contributed by atoms with Crippen LogP contribution in [0.3, 0.4) is 0 Å². The summed E-state index contributed by atoms with van der Waals surface area (Å²) in [5.74, 6) is 2.15. The van der Waals surface area contributed by atoms with E-state index in [9.17, 15) is 0 Å². The molecule has 0 aromatic heterocycles. The topological polar surface area (TPSA) is 12.0 Å². The average molecular weight is 213 g/mol. The van der Waals surface area contributed by atoms with Gasteiger partial charge < -0.3 is 5.32 Å². The summed E-state index contributed by atoms with van der Waals surface area (Å²) in [5, 5.41) is 4.71. The molecule has 1 heterocycles. The maximum absolute atomic E-state index is 3.83. The summed E-state index contributed by atoms with van der Waals surface area (Å²) in [7, 11) is 0. The van der Waals surface area contributed by atoms with Crippen LogP contribution < -0.4 is 5.32 Å². The Morgan fingerprint density at radius 3 is 2.57 bits per heavy atom. The third kappa shape index (κ3) is 1.96. The molecule has 0 amide bonds. The summed E-state index contributed by atoms with van der Waals surface area (Å²) < 4.78 is 0. The van der Waals surface area contributed by atoms with E-state index in [1.54, 1.807) is 0 Å². The monoisotopic (exact) mass is 213 g/mol. The van der Waals surface area contributed by atoms with Crippen LogP contribution in [0.2, 0.25) is 0 Å². The van der Waals surface area contributed by atoms with Gasteiger partial charge >= 0.3 is 0 Å². The standard InChI is InChI=1S/C12H23NS/c1-8(2)12(4)6-11(12)13-10-5-9(3)14-7-10/h8-11,13H,5-7H2,1-4H3. The molecule has 1 aliphatic heterocycles. The largest absolute Gasteiger partial charge is 0.310 e. The van der Waals surface area contributed by atoms with Crippen LogP contribution >= 0.6 is 11.8 Å². The molecule has 0 bridgehead atoms. The first-order valence-corrected chi connectivity index (χ1v) is 6.95. The molecular weight excluding hydrogens is 190 g/mol. The molecule has 1 saturated heterocycles. The second-order valence-corrected chi connectivity index (χ2v) is 7.13. The molecule has 1 aliphatic carbocycles. The SMILES string of the molecule is CC1CC(NC2CC2(C)C(C)C)CS1. The van der Waals surface area contributed by atoms with Gasteiger partial charge in [0.15, 0.2) is 0 Å². The lowest BCUT2D eigenvalue weighted by Gasteiger charge is -2.18. The van der Waals surface area contributed by atoms with E-state index in [2.05, 4.69) is 44.8 Å². The third-order valence-corrected chi connectivity index (χ3v) is 5.59. The highest BCUT2D eigenvalue weighted by Crippen LogP contribution is 2.52. The molecular formula is C12H23NS. The molecule has 0 aromatic rings. The van der Waals surface area contributed by atoms with Gasteiger partial charge in [-0.2, -0.15) is 11.8 Å². The molecule has 0 spiro atoms. The molecule has 2 fully saturated rings. The van der Waals surface area contributed by atoms with Crippen LogP contribution in [0.5, 0.6) is 0 Å². The quantitative estimate of drug-likeness (QED) is 0.773. The van der Waals surface area contributed by atoms with Crippen molar-refractivity contribution in [2.24, 2.45) is 11.3 Å². The number of hydrogen-bond donors (Lipinski definition) is 1. The van der Waals surface area contributed by atoms with E-state index in [0.717, 1.165) is 23.3 Å². The fraction of sp³-hybridized carbons (Fsp3) is 1.00. The van der Waals surface area contributed by atoms with Gasteiger partial charge in [-0.15, -0.1) is 0 Å². The van der Waals surface area contributed by atoms with Gasteiger partial charge in [-0.1, -0.05) is 27.7 Å². The smallest absolute Gasteiger partial charge is 0.0171 e. The summed E-state index contributed by atoms with van der Waals surface area (Å²) in [4.78, 5) is 0. The van der Waals surface area contributed by atoms with E-state index in [0.29, 0.717) is 5.41 Å². The Bertz CT molecular complexity index is 216. The minimum absolute atomic E-state index is 0.594. The molecule has 0 aromatic carbocycles. The van der Waals surface area contributed by atoms with Gasteiger partial charge in [0.25, 0.3) is 0 Å². The van der Waals surface area contributed by atoms with E-state index >= 15 is 0 Å². The minimum Gasteiger partial charge on any atom is -0.310 e. The Morgan fingerprint density at radius 2 is 2.14 bits per heavy atom. The van der Waals surface area contributed by atoms with Crippen molar-refractivity contribution in [1.82, 2.24) is 5.32 Å². The van der Waals surface area contributed by atoms with Gasteiger partial charge in [0.1, 0.15) is 0 Å². The first-order chi connectivity index (χ1) is 6.52. The second kappa shape index (κ2) is 3.71. The molecule has 14 heavy (non-hydrogen) atoms. The number of rotatable bonds is 3. The zero-order valence-corrected chi connectivity index (χ0v) is 10.7. The molecule has 82 valence electrons. The predicted molar refractivity (Wildman–Crippen MR) is 64.8 cm³/mol. The Morgan fingerprint density at radius 1 is 1.43 bits per heavy atom. The van der Waals surface area contributed by atoms with E-state index in [1.807, 2.05) is 0 Å². The van der Waals surface area contributed by atoms with Crippen LogP contribution in [0.4, 0.5) is 0 Å². The highest BCUT2D eigenvalue weighted by molar-refractivity contribution is 8.00. The molecule has 2 aliphatic rings. The van der Waals surface area contributed by atoms with Crippen LogP contribution in [0, 0.1) is 11.3 Å². The highest BCUT2D eigenvalue weighted by atomic mass is 32.2. The van der Waals surface area contributed by atoms with Crippen molar-refractivity contribution in [1.29, 1.82) is 0 Å². The Labute approximate surface area is 92.4 Å².